The minimum atomic E-state index is 0.564. The highest BCUT2D eigenvalue weighted by Crippen LogP contribution is 2.29. The molecule has 1 aromatic carbocycles. The summed E-state index contributed by atoms with van der Waals surface area (Å²) < 4.78 is 5.23. The van der Waals surface area contributed by atoms with Crippen LogP contribution in [0.4, 0.5) is 0 Å². The molecule has 0 saturated heterocycles. The second-order valence-corrected chi connectivity index (χ2v) is 4.53. The predicted molar refractivity (Wildman–Crippen MR) is 75.5 cm³/mol. The molecule has 0 radical (unpaired) electrons. The number of nitrogens with zero attached hydrogens (tertiary/aromatic N) is 1. The zero-order valence-corrected chi connectivity index (χ0v) is 11.2. The van der Waals surface area contributed by atoms with Gasteiger partial charge < -0.3 is 9.57 Å². The molecule has 0 atom stereocenters. The molecule has 0 unspecified atom stereocenters. The first-order valence-electron chi connectivity index (χ1n) is 5.72. The van der Waals surface area contributed by atoms with Crippen molar-refractivity contribution in [1.29, 1.82) is 0 Å². The van der Waals surface area contributed by atoms with Crippen LogP contribution >= 0.6 is 11.3 Å². The Balaban J connectivity index is 2.39. The molecule has 0 aliphatic carbocycles. The van der Waals surface area contributed by atoms with Crippen LogP contribution in [-0.4, -0.2) is 19.9 Å². The van der Waals surface area contributed by atoms with Crippen LogP contribution in [0.15, 0.2) is 40.9 Å². The molecule has 18 heavy (non-hydrogen) atoms. The maximum Gasteiger partial charge on any atom is 0.119 e. The van der Waals surface area contributed by atoms with Gasteiger partial charge in [-0.25, -0.2) is 0 Å². The Bertz CT molecular complexity index is 521. The highest BCUT2D eigenvalue weighted by molar-refractivity contribution is 7.13. The van der Waals surface area contributed by atoms with Crippen molar-refractivity contribution in [1.82, 2.24) is 0 Å². The molecule has 0 aliphatic heterocycles. The molecule has 94 valence electrons. The number of hydrogen-bond donors (Lipinski definition) is 0. The van der Waals surface area contributed by atoms with Crippen molar-refractivity contribution in [3.8, 4) is 16.2 Å². The second-order valence-electron chi connectivity index (χ2n) is 3.58. The summed E-state index contributed by atoms with van der Waals surface area (Å²) in [6.45, 7) is 2.47. The molecule has 0 N–H and O–H groups in total. The summed E-state index contributed by atoms with van der Waals surface area (Å²) in [7, 11) is 1.66. The fourth-order valence-electron chi connectivity index (χ4n) is 1.60. The van der Waals surface area contributed by atoms with Gasteiger partial charge in [0.15, 0.2) is 0 Å². The average molecular weight is 261 g/mol. The Hall–Kier alpha value is -1.81. The molecule has 0 fully saturated rings. The summed E-state index contributed by atoms with van der Waals surface area (Å²) in [4.78, 5) is 6.22. The minimum Gasteiger partial charge on any atom is -0.497 e. The SMILES string of the molecule is CCO/N=C/c1cc(OC)ccc1-c1cccs1. The molecule has 0 saturated carbocycles. The van der Waals surface area contributed by atoms with E-state index in [0.717, 1.165) is 16.9 Å². The molecule has 3 nitrogen and oxygen atoms in total. The van der Waals surface area contributed by atoms with Gasteiger partial charge in [-0.15, -0.1) is 11.3 Å². The van der Waals surface area contributed by atoms with Gasteiger partial charge in [-0.05, 0) is 36.6 Å². The van der Waals surface area contributed by atoms with Gasteiger partial charge in [-0.3, -0.25) is 0 Å². The first-order chi connectivity index (χ1) is 8.85. The van der Waals surface area contributed by atoms with E-state index in [-0.39, 0.29) is 0 Å². The van der Waals surface area contributed by atoms with E-state index in [2.05, 4.69) is 16.6 Å². The molecular formula is C14H15NO2S. The molecule has 0 bridgehead atoms. The summed E-state index contributed by atoms with van der Waals surface area (Å²) in [6, 6.07) is 10.1. The molecule has 0 aliphatic rings. The summed E-state index contributed by atoms with van der Waals surface area (Å²) in [5.41, 5.74) is 2.12. The smallest absolute Gasteiger partial charge is 0.119 e. The van der Waals surface area contributed by atoms with Crippen molar-refractivity contribution in [3.05, 3.63) is 41.3 Å². The Morgan fingerprint density at radius 2 is 2.22 bits per heavy atom. The molecule has 2 rings (SSSR count). The maximum absolute atomic E-state index is 5.23. The zero-order chi connectivity index (χ0) is 12.8. The van der Waals surface area contributed by atoms with Gasteiger partial charge >= 0.3 is 0 Å². The number of thiophene rings is 1. The van der Waals surface area contributed by atoms with Crippen LogP contribution in [0.25, 0.3) is 10.4 Å². The van der Waals surface area contributed by atoms with Crippen molar-refractivity contribution in [2.45, 2.75) is 6.92 Å². The molecule has 0 amide bonds. The topological polar surface area (TPSA) is 30.8 Å². The Kier molecular flexibility index (Phi) is 4.36. The summed E-state index contributed by atoms with van der Waals surface area (Å²) in [5.74, 6) is 0.813. The number of ether oxygens (including phenoxy) is 1. The van der Waals surface area contributed by atoms with Gasteiger partial charge in [0.1, 0.15) is 12.4 Å². The van der Waals surface area contributed by atoms with E-state index in [1.165, 1.54) is 4.88 Å². The number of hydrogen-bond acceptors (Lipinski definition) is 4. The van der Waals surface area contributed by atoms with Gasteiger partial charge in [0.25, 0.3) is 0 Å². The number of rotatable bonds is 5. The van der Waals surface area contributed by atoms with Gasteiger partial charge in [-0.2, -0.15) is 0 Å². The van der Waals surface area contributed by atoms with Crippen LogP contribution in [0.1, 0.15) is 12.5 Å². The van der Waals surface area contributed by atoms with Crippen molar-refractivity contribution in [2.24, 2.45) is 5.16 Å². The van der Waals surface area contributed by atoms with E-state index >= 15 is 0 Å². The van der Waals surface area contributed by atoms with Gasteiger partial charge in [0.2, 0.25) is 0 Å². The Labute approximate surface area is 111 Å². The fraction of sp³-hybridized carbons (Fsp3) is 0.214. The van der Waals surface area contributed by atoms with Gasteiger partial charge in [-0.1, -0.05) is 11.2 Å². The molecule has 1 aromatic heterocycles. The molecule has 1 heterocycles. The van der Waals surface area contributed by atoms with E-state index in [9.17, 15) is 0 Å². The van der Waals surface area contributed by atoms with Crippen molar-refractivity contribution >= 4 is 17.6 Å². The van der Waals surface area contributed by atoms with Crippen LogP contribution in [0.5, 0.6) is 5.75 Å². The van der Waals surface area contributed by atoms with Crippen LogP contribution in [0, 0.1) is 0 Å². The first-order valence-corrected chi connectivity index (χ1v) is 6.60. The lowest BCUT2D eigenvalue weighted by molar-refractivity contribution is 0.160. The molecular weight excluding hydrogens is 246 g/mol. The Morgan fingerprint density at radius 3 is 2.89 bits per heavy atom. The third kappa shape index (κ3) is 2.90. The molecule has 4 heteroatoms. The van der Waals surface area contributed by atoms with E-state index in [4.69, 9.17) is 9.57 Å². The quantitative estimate of drug-likeness (QED) is 0.605. The van der Waals surface area contributed by atoms with E-state index < -0.39 is 0 Å². The third-order valence-electron chi connectivity index (χ3n) is 2.44. The van der Waals surface area contributed by atoms with Crippen LogP contribution < -0.4 is 4.74 Å². The first kappa shape index (κ1) is 12.6. The second kappa shape index (κ2) is 6.21. The lowest BCUT2D eigenvalue weighted by Crippen LogP contribution is -1.91. The van der Waals surface area contributed by atoms with E-state index in [1.807, 2.05) is 31.2 Å². The van der Waals surface area contributed by atoms with Crippen LogP contribution in [0.3, 0.4) is 0 Å². The van der Waals surface area contributed by atoms with Crippen molar-refractivity contribution < 1.29 is 9.57 Å². The number of oxime groups is 1. The normalized spacial score (nSPS) is 10.8. The van der Waals surface area contributed by atoms with E-state index in [1.54, 1.807) is 24.7 Å². The largest absolute Gasteiger partial charge is 0.497 e. The monoisotopic (exact) mass is 261 g/mol. The van der Waals surface area contributed by atoms with Gasteiger partial charge in [0.05, 0.1) is 13.3 Å². The fourth-order valence-corrected chi connectivity index (χ4v) is 2.37. The molecule has 2 aromatic rings. The number of methoxy groups -OCH3 is 1. The third-order valence-corrected chi connectivity index (χ3v) is 3.34. The lowest BCUT2D eigenvalue weighted by atomic mass is 10.1. The summed E-state index contributed by atoms with van der Waals surface area (Å²) in [6.07, 6.45) is 1.72. The van der Waals surface area contributed by atoms with Gasteiger partial charge in [0, 0.05) is 16.0 Å². The molecule has 0 spiro atoms. The standard InChI is InChI=1S/C14H15NO2S/c1-3-17-15-10-11-9-12(16-2)6-7-13(11)14-5-4-8-18-14/h4-10H,3H2,1-2H3/b15-10+. The summed E-state index contributed by atoms with van der Waals surface area (Å²) >= 11 is 1.70. The Morgan fingerprint density at radius 1 is 1.33 bits per heavy atom. The van der Waals surface area contributed by atoms with Crippen LogP contribution in [0.2, 0.25) is 0 Å². The highest BCUT2D eigenvalue weighted by atomic mass is 32.1. The maximum atomic E-state index is 5.23. The zero-order valence-electron chi connectivity index (χ0n) is 10.4. The van der Waals surface area contributed by atoms with Crippen molar-refractivity contribution in [2.75, 3.05) is 13.7 Å². The van der Waals surface area contributed by atoms with E-state index in [0.29, 0.717) is 6.61 Å². The number of benzene rings is 1. The van der Waals surface area contributed by atoms with Crippen molar-refractivity contribution in [3.63, 3.8) is 0 Å². The average Bonchev–Trinajstić information content (AvgIpc) is 2.92. The van der Waals surface area contributed by atoms with Crippen LogP contribution in [-0.2, 0) is 4.84 Å². The minimum absolute atomic E-state index is 0.564. The summed E-state index contributed by atoms with van der Waals surface area (Å²) in [5, 5.41) is 5.99. The lowest BCUT2D eigenvalue weighted by Gasteiger charge is -2.06. The highest BCUT2D eigenvalue weighted by Gasteiger charge is 2.06. The predicted octanol–water partition coefficient (Wildman–Crippen LogP) is 3.79.